The Bertz CT molecular complexity index is 127. The summed E-state index contributed by atoms with van der Waals surface area (Å²) in [5, 5.41) is 0. The van der Waals surface area contributed by atoms with Gasteiger partial charge >= 0.3 is 16.5 Å². The van der Waals surface area contributed by atoms with Gasteiger partial charge in [-0.15, -0.1) is 22.2 Å². The van der Waals surface area contributed by atoms with Crippen molar-refractivity contribution in [2.24, 2.45) is 0 Å². The molecular weight excluding hydrogens is 208 g/mol. The van der Waals surface area contributed by atoms with E-state index in [4.69, 9.17) is 0 Å². The van der Waals surface area contributed by atoms with Crippen molar-refractivity contribution in [2.75, 3.05) is 6.79 Å². The van der Waals surface area contributed by atoms with Gasteiger partial charge in [0, 0.05) is 0 Å². The molecule has 0 fully saturated rings. The van der Waals surface area contributed by atoms with Gasteiger partial charge in [-0.1, -0.05) is 0 Å². The van der Waals surface area contributed by atoms with E-state index >= 15 is 0 Å². The highest BCUT2D eigenvalue weighted by Crippen LogP contribution is 2.13. The van der Waals surface area contributed by atoms with Gasteiger partial charge in [0.25, 0.3) is 6.79 Å². The number of rotatable bonds is 4. The Kier molecular flexibility index (Phi) is 19.7. The fourth-order valence-electron chi connectivity index (χ4n) is 0.110. The van der Waals surface area contributed by atoms with Crippen molar-refractivity contribution in [1.29, 1.82) is 0 Å². The Morgan fingerprint density at radius 2 is 1.33 bits per heavy atom. The third-order valence-electron chi connectivity index (χ3n) is 0.316. The molecule has 3 N–H and O–H groups in total. The monoisotopic (exact) mass is 217 g/mol. The van der Waals surface area contributed by atoms with E-state index in [1.165, 1.54) is 0 Å². The molecule has 12 heavy (non-hydrogen) atoms. The zero-order chi connectivity index (χ0) is 9.28. The summed E-state index contributed by atoms with van der Waals surface area (Å²) in [6, 6.07) is 0. The van der Waals surface area contributed by atoms with Gasteiger partial charge < -0.3 is 15.9 Å². The number of hydrogen-bond donors (Lipinski definition) is 1. The number of hydrogen-bond acceptors (Lipinski definition) is 7. The van der Waals surface area contributed by atoms with Crippen LogP contribution >= 0.6 is 16.5 Å². The lowest BCUT2D eigenvalue weighted by Gasteiger charge is -1.85. The molecule has 0 aromatic rings. The maximum atomic E-state index is 9.52. The Morgan fingerprint density at radius 3 is 1.50 bits per heavy atom. The van der Waals surface area contributed by atoms with Crippen molar-refractivity contribution >= 4 is 16.5 Å². The van der Waals surface area contributed by atoms with Crippen molar-refractivity contribution in [3.05, 3.63) is 13.2 Å². The largest absolute Gasteiger partial charge is 0.566 e. The van der Waals surface area contributed by atoms with Crippen molar-refractivity contribution in [2.45, 2.75) is 0 Å². The van der Waals surface area contributed by atoms with E-state index in [0.717, 1.165) is 0 Å². The van der Waals surface area contributed by atoms with Crippen LogP contribution in [0.4, 0.5) is 0 Å². The third-order valence-corrected chi connectivity index (χ3v) is 0.949. The molecule has 0 bridgehead atoms. The molecule has 0 saturated carbocycles. The van der Waals surface area contributed by atoms with E-state index in [2.05, 4.69) is 22.2 Å². The molecule has 0 radical (unpaired) electrons. The fourth-order valence-corrected chi connectivity index (χ4v) is 0.470. The lowest BCUT2D eigenvalue weighted by Crippen LogP contribution is -1.97. The minimum atomic E-state index is -3.02. The highest BCUT2D eigenvalue weighted by Gasteiger charge is 2.06. The zero-order valence-electron chi connectivity index (χ0n) is 6.17. The van der Waals surface area contributed by atoms with Crippen LogP contribution in [0.25, 0.3) is 0 Å². The molecule has 2 unspecified atom stereocenters. The van der Waals surface area contributed by atoms with Gasteiger partial charge in [-0.25, -0.2) is 0 Å². The molecule has 0 saturated heterocycles. The zero-order valence-corrected chi connectivity index (χ0v) is 7.96. The second-order valence-corrected chi connectivity index (χ2v) is 2.23. The second-order valence-electron chi connectivity index (χ2n) is 0.823. The maximum Gasteiger partial charge on any atom is 0.491 e. The average Bonchev–Trinajstić information content (AvgIpc) is 1.90. The second kappa shape index (κ2) is 13.3. The van der Waals surface area contributed by atoms with Crippen LogP contribution in [0.3, 0.4) is 0 Å². The van der Waals surface area contributed by atoms with Gasteiger partial charge in [-0.3, -0.25) is 0 Å². The first kappa shape index (κ1) is 17.7. The molecule has 0 amide bonds. The van der Waals surface area contributed by atoms with Crippen molar-refractivity contribution in [3.8, 4) is 0 Å². The lowest BCUT2D eigenvalue weighted by atomic mass is 11.3. The summed E-state index contributed by atoms with van der Waals surface area (Å²) in [4.78, 5) is 19.0. The normalized spacial score (nSPS) is 10.2. The average molecular weight is 217 g/mol. The molecule has 0 rings (SSSR count). The van der Waals surface area contributed by atoms with Crippen molar-refractivity contribution < 1.29 is 28.0 Å². The summed E-state index contributed by atoms with van der Waals surface area (Å²) >= 11 is 0. The van der Waals surface area contributed by atoms with Gasteiger partial charge in [-0.2, -0.15) is 0 Å². The molecule has 2 atom stereocenters. The van der Waals surface area contributed by atoms with Crippen LogP contribution in [0.15, 0.2) is 13.2 Å². The van der Waals surface area contributed by atoms with Crippen LogP contribution in [-0.4, -0.2) is 6.79 Å². The van der Waals surface area contributed by atoms with Crippen LogP contribution in [0.1, 0.15) is 0 Å². The summed E-state index contributed by atoms with van der Waals surface area (Å²) in [6.07, 6.45) is 0. The summed E-state index contributed by atoms with van der Waals surface area (Å²) in [5.74, 6) is 0. The predicted octanol–water partition coefficient (Wildman–Crippen LogP) is -0.0233. The van der Waals surface area contributed by atoms with Crippen LogP contribution < -0.4 is 15.9 Å². The Balaban J connectivity index is -0.000000249. The molecule has 0 aromatic heterocycles. The van der Waals surface area contributed by atoms with Crippen molar-refractivity contribution in [3.63, 3.8) is 0 Å². The van der Waals surface area contributed by atoms with E-state index in [1.807, 2.05) is 0 Å². The van der Waals surface area contributed by atoms with E-state index in [-0.39, 0.29) is 6.15 Å². The first-order valence-electron chi connectivity index (χ1n) is 2.17. The molecule has 0 aliphatic heterocycles. The minimum absolute atomic E-state index is 0. The quantitative estimate of drug-likeness (QED) is 0.397. The smallest absolute Gasteiger partial charge is 0.491 e. The molecule has 0 aliphatic carbocycles. The maximum absolute atomic E-state index is 9.52. The van der Waals surface area contributed by atoms with E-state index in [9.17, 15) is 18.9 Å². The van der Waals surface area contributed by atoms with Gasteiger partial charge in [-0.05, 0) is 9.13 Å². The molecule has 0 spiro atoms. The molecule has 7 nitrogen and oxygen atoms in total. The third kappa shape index (κ3) is 22.6. The van der Waals surface area contributed by atoms with Crippen molar-refractivity contribution in [1.82, 2.24) is 6.15 Å². The fraction of sp³-hybridized carbons (Fsp3) is 0.333. The summed E-state index contributed by atoms with van der Waals surface area (Å²) in [5.41, 5.74) is 0. The Labute approximate surface area is 71.5 Å². The highest BCUT2D eigenvalue weighted by atomic mass is 31.1. The molecule has 0 heterocycles. The van der Waals surface area contributed by atoms with E-state index in [1.54, 1.807) is 0 Å². The van der Waals surface area contributed by atoms with E-state index in [0.29, 0.717) is 0 Å². The van der Waals surface area contributed by atoms with Gasteiger partial charge in [0.1, 0.15) is 0 Å². The summed E-state index contributed by atoms with van der Waals surface area (Å²) in [7, 11) is -6.05. The Hall–Kier alpha value is -0.260. The van der Waals surface area contributed by atoms with Crippen LogP contribution in [-0.2, 0) is 18.2 Å². The topological polar surface area (TPSA) is 134 Å². The van der Waals surface area contributed by atoms with Gasteiger partial charge in [0.05, 0.1) is 0 Å². The van der Waals surface area contributed by atoms with Crippen LogP contribution in [0, 0.1) is 0 Å². The van der Waals surface area contributed by atoms with Crippen LogP contribution in [0.2, 0.25) is 0 Å². The predicted molar refractivity (Wildman–Crippen MR) is 38.5 cm³/mol. The van der Waals surface area contributed by atoms with Gasteiger partial charge in [0.15, 0.2) is 0 Å². The lowest BCUT2D eigenvalue weighted by molar-refractivity contribution is -0.201. The van der Waals surface area contributed by atoms with Crippen LogP contribution in [0.5, 0.6) is 0 Å². The summed E-state index contributed by atoms with van der Waals surface area (Å²) in [6.45, 7) is 5.22. The van der Waals surface area contributed by atoms with Gasteiger partial charge in [0.2, 0.25) is 0 Å². The standard InChI is InChI=1S/C2H4.CH2O6P2.H3N/c1-2;2-8(3)6-1-7-9(4)5;/h1-2H2;1H2;1H3. The van der Waals surface area contributed by atoms with E-state index < -0.39 is 23.3 Å². The molecule has 72 valence electrons. The minimum Gasteiger partial charge on any atom is -0.566 e. The SMILES string of the molecule is C=C.N.O=[P+]([O-])OCO[P+](=O)[O-]. The molecule has 0 aromatic carbocycles. The first-order chi connectivity index (χ1) is 5.13. The molecular formula is C3H9NO6P2. The summed E-state index contributed by atoms with van der Waals surface area (Å²) < 4.78 is 26.4. The highest BCUT2D eigenvalue weighted by molar-refractivity contribution is 7.31. The first-order valence-corrected chi connectivity index (χ1v) is 4.36. The Morgan fingerprint density at radius 1 is 1.08 bits per heavy atom. The molecule has 9 heteroatoms. The molecule has 0 aliphatic rings.